The summed E-state index contributed by atoms with van der Waals surface area (Å²) in [7, 11) is 0. The van der Waals surface area contributed by atoms with E-state index in [1.165, 1.54) is 16.9 Å². The molecule has 1 aliphatic carbocycles. The molecule has 0 radical (unpaired) electrons. The standard InChI is InChI=1S/C25H29N5OS/c1-17(19-11-6-3-7-12-19)30(16-15-18-9-4-2-5-10-18)23(31)20-13-8-14-21-22(20)28-25(32-21)29-24(26)27/h2-7,9-12,17,20H,8,13-16H2,1H3,(H4,26,27,28,29). The lowest BCUT2D eigenvalue weighted by Crippen LogP contribution is -2.39. The first-order valence-electron chi connectivity index (χ1n) is 11.0. The maximum atomic E-state index is 13.9. The summed E-state index contributed by atoms with van der Waals surface area (Å²) in [6, 6.07) is 20.5. The molecule has 0 bridgehead atoms. The fraction of sp³-hybridized carbons (Fsp3) is 0.320. The lowest BCUT2D eigenvalue weighted by Gasteiger charge is -2.34. The van der Waals surface area contributed by atoms with Crippen LogP contribution in [0.25, 0.3) is 0 Å². The predicted molar refractivity (Wildman–Crippen MR) is 130 cm³/mol. The highest BCUT2D eigenvalue weighted by Crippen LogP contribution is 2.39. The number of rotatable bonds is 7. The minimum absolute atomic E-state index is 0.0128. The molecule has 32 heavy (non-hydrogen) atoms. The van der Waals surface area contributed by atoms with E-state index in [-0.39, 0.29) is 23.8 Å². The molecule has 0 spiro atoms. The highest BCUT2D eigenvalue weighted by atomic mass is 32.1. The Morgan fingerprint density at radius 1 is 1.16 bits per heavy atom. The van der Waals surface area contributed by atoms with Gasteiger partial charge in [-0.15, -0.1) is 0 Å². The minimum atomic E-state index is -0.264. The number of benzene rings is 2. The summed E-state index contributed by atoms with van der Waals surface area (Å²) < 4.78 is 0. The van der Waals surface area contributed by atoms with Gasteiger partial charge in [0.25, 0.3) is 0 Å². The highest BCUT2D eigenvalue weighted by molar-refractivity contribution is 7.15. The number of carbonyl (C=O) groups excluding carboxylic acids is 1. The Hall–Kier alpha value is -3.19. The molecule has 2 atom stereocenters. The Morgan fingerprint density at radius 2 is 1.84 bits per heavy atom. The van der Waals surface area contributed by atoms with Crippen LogP contribution in [0.1, 0.15) is 53.4 Å². The number of fused-ring (bicyclic) bond motifs is 1. The van der Waals surface area contributed by atoms with Crippen molar-refractivity contribution in [3.8, 4) is 0 Å². The van der Waals surface area contributed by atoms with Crippen molar-refractivity contribution in [3.05, 3.63) is 82.4 Å². The van der Waals surface area contributed by atoms with Crippen LogP contribution in [0, 0.1) is 0 Å². The van der Waals surface area contributed by atoms with Crippen LogP contribution >= 0.6 is 11.3 Å². The molecule has 3 aromatic rings. The van der Waals surface area contributed by atoms with E-state index in [9.17, 15) is 4.79 Å². The van der Waals surface area contributed by atoms with Gasteiger partial charge in [-0.1, -0.05) is 72.0 Å². The lowest BCUT2D eigenvalue weighted by atomic mass is 9.89. The van der Waals surface area contributed by atoms with Gasteiger partial charge in [-0.05, 0) is 43.7 Å². The van der Waals surface area contributed by atoms with Gasteiger partial charge in [0, 0.05) is 11.4 Å². The fourth-order valence-corrected chi connectivity index (χ4v) is 5.36. The highest BCUT2D eigenvalue weighted by Gasteiger charge is 2.35. The van der Waals surface area contributed by atoms with Crippen molar-refractivity contribution in [2.24, 2.45) is 16.5 Å². The monoisotopic (exact) mass is 447 g/mol. The van der Waals surface area contributed by atoms with Crippen LogP contribution in [0.4, 0.5) is 5.13 Å². The van der Waals surface area contributed by atoms with Gasteiger partial charge in [0.15, 0.2) is 5.96 Å². The van der Waals surface area contributed by atoms with E-state index >= 15 is 0 Å². The van der Waals surface area contributed by atoms with Gasteiger partial charge in [0.05, 0.1) is 17.7 Å². The van der Waals surface area contributed by atoms with Crippen LogP contribution in [-0.4, -0.2) is 28.3 Å². The zero-order valence-electron chi connectivity index (χ0n) is 18.3. The Kier molecular flexibility index (Phi) is 6.85. The molecule has 166 valence electrons. The number of hydrogen-bond donors (Lipinski definition) is 2. The van der Waals surface area contributed by atoms with Gasteiger partial charge in [0.1, 0.15) is 0 Å². The zero-order valence-corrected chi connectivity index (χ0v) is 19.1. The average molecular weight is 448 g/mol. The number of amides is 1. The summed E-state index contributed by atoms with van der Waals surface area (Å²) in [6.07, 6.45) is 3.47. The van der Waals surface area contributed by atoms with E-state index in [2.05, 4.69) is 41.2 Å². The van der Waals surface area contributed by atoms with Gasteiger partial charge >= 0.3 is 0 Å². The molecular weight excluding hydrogens is 418 g/mol. The predicted octanol–water partition coefficient (Wildman–Crippen LogP) is 4.30. The SMILES string of the molecule is CC(c1ccccc1)N(CCc1ccccc1)C(=O)C1CCCc2sc(N=C(N)N)nc21. The van der Waals surface area contributed by atoms with Crippen molar-refractivity contribution in [1.82, 2.24) is 9.88 Å². The molecule has 1 aliphatic rings. The van der Waals surface area contributed by atoms with E-state index in [4.69, 9.17) is 11.5 Å². The zero-order chi connectivity index (χ0) is 22.5. The molecule has 1 amide bonds. The summed E-state index contributed by atoms with van der Waals surface area (Å²) in [4.78, 5) is 25.8. The summed E-state index contributed by atoms with van der Waals surface area (Å²) >= 11 is 1.48. The van der Waals surface area contributed by atoms with Crippen molar-refractivity contribution in [2.45, 2.75) is 44.6 Å². The van der Waals surface area contributed by atoms with Crippen LogP contribution in [0.3, 0.4) is 0 Å². The van der Waals surface area contributed by atoms with Crippen molar-refractivity contribution in [1.29, 1.82) is 0 Å². The van der Waals surface area contributed by atoms with Crippen molar-refractivity contribution >= 4 is 28.3 Å². The molecule has 0 saturated heterocycles. The topological polar surface area (TPSA) is 97.6 Å². The van der Waals surface area contributed by atoms with E-state index in [0.717, 1.165) is 41.8 Å². The quantitative estimate of drug-likeness (QED) is 0.417. The fourth-order valence-electron chi connectivity index (χ4n) is 4.30. The summed E-state index contributed by atoms with van der Waals surface area (Å²) in [5, 5.41) is 0.529. The minimum Gasteiger partial charge on any atom is -0.370 e. The number of nitrogens with zero attached hydrogens (tertiary/aromatic N) is 3. The molecule has 1 aromatic heterocycles. The molecule has 6 nitrogen and oxygen atoms in total. The second-order valence-corrected chi connectivity index (χ2v) is 9.20. The van der Waals surface area contributed by atoms with Crippen LogP contribution in [-0.2, 0) is 17.6 Å². The first kappa shape index (κ1) is 22.0. The largest absolute Gasteiger partial charge is 0.370 e. The maximum absolute atomic E-state index is 13.9. The van der Waals surface area contributed by atoms with Crippen LogP contribution in [0.15, 0.2) is 65.7 Å². The molecular formula is C25H29N5OS. The number of aryl methyl sites for hydroxylation is 1. The van der Waals surface area contributed by atoms with Crippen molar-refractivity contribution in [3.63, 3.8) is 0 Å². The molecule has 4 N–H and O–H groups in total. The Labute approximate surface area is 193 Å². The molecule has 0 aliphatic heterocycles. The average Bonchev–Trinajstić information content (AvgIpc) is 3.22. The van der Waals surface area contributed by atoms with Gasteiger partial charge in [-0.2, -0.15) is 4.99 Å². The molecule has 2 unspecified atom stereocenters. The smallest absolute Gasteiger partial charge is 0.232 e. The van der Waals surface area contributed by atoms with Gasteiger partial charge in [-0.3, -0.25) is 4.79 Å². The maximum Gasteiger partial charge on any atom is 0.232 e. The number of carbonyl (C=O) groups is 1. The Balaban J connectivity index is 1.63. The normalized spacial score (nSPS) is 16.1. The molecule has 1 heterocycles. The van der Waals surface area contributed by atoms with Crippen LogP contribution in [0.2, 0.25) is 0 Å². The number of hydrogen-bond acceptors (Lipinski definition) is 4. The van der Waals surface area contributed by atoms with Crippen LogP contribution in [0.5, 0.6) is 0 Å². The number of aromatic nitrogens is 1. The van der Waals surface area contributed by atoms with Gasteiger partial charge in [0.2, 0.25) is 11.0 Å². The number of thiazole rings is 1. The number of aliphatic imine (C=N–C) groups is 1. The molecule has 7 heteroatoms. The molecule has 0 fully saturated rings. The summed E-state index contributed by atoms with van der Waals surface area (Å²) in [5.74, 6) is -0.152. The third kappa shape index (κ3) is 4.99. The van der Waals surface area contributed by atoms with Gasteiger partial charge in [-0.25, -0.2) is 4.98 Å². The van der Waals surface area contributed by atoms with E-state index in [1.54, 1.807) is 0 Å². The molecule has 2 aromatic carbocycles. The Bertz CT molecular complexity index is 1080. The second-order valence-electron chi connectivity index (χ2n) is 8.14. The number of guanidine groups is 1. The van der Waals surface area contributed by atoms with Gasteiger partial charge < -0.3 is 16.4 Å². The molecule has 0 saturated carbocycles. The molecule has 4 rings (SSSR count). The Morgan fingerprint density at radius 3 is 2.53 bits per heavy atom. The summed E-state index contributed by atoms with van der Waals surface area (Å²) in [5.41, 5.74) is 14.3. The number of nitrogens with two attached hydrogens (primary N) is 2. The van der Waals surface area contributed by atoms with Crippen molar-refractivity contribution in [2.75, 3.05) is 6.54 Å². The third-order valence-corrected chi connectivity index (χ3v) is 7.01. The first-order valence-corrected chi connectivity index (χ1v) is 11.8. The second kappa shape index (κ2) is 9.96. The first-order chi connectivity index (χ1) is 15.5. The van der Waals surface area contributed by atoms with Crippen LogP contribution < -0.4 is 11.5 Å². The van der Waals surface area contributed by atoms with Crippen molar-refractivity contribution < 1.29 is 4.79 Å². The summed E-state index contributed by atoms with van der Waals surface area (Å²) in [6.45, 7) is 2.75. The lowest BCUT2D eigenvalue weighted by molar-refractivity contribution is -0.135. The van der Waals surface area contributed by atoms with E-state index in [0.29, 0.717) is 11.7 Å². The van der Waals surface area contributed by atoms with E-state index < -0.39 is 0 Å². The van der Waals surface area contributed by atoms with E-state index in [1.807, 2.05) is 41.3 Å². The third-order valence-electron chi connectivity index (χ3n) is 5.98.